The van der Waals surface area contributed by atoms with Gasteiger partial charge >= 0.3 is 0 Å². The molecule has 0 radical (unpaired) electrons. The van der Waals surface area contributed by atoms with Gasteiger partial charge in [0.15, 0.2) is 11.9 Å². The molecule has 3 fully saturated rings. The Morgan fingerprint density at radius 3 is 2.50 bits per heavy atom. The molecule has 0 saturated carbocycles. The van der Waals surface area contributed by atoms with E-state index in [1.807, 2.05) is 24.3 Å². The van der Waals surface area contributed by atoms with Gasteiger partial charge in [-0.25, -0.2) is 4.90 Å². The topological polar surface area (TPSA) is 65.1 Å². The maximum atomic E-state index is 13.1. The number of amides is 2. The van der Waals surface area contributed by atoms with Crippen molar-refractivity contribution in [2.75, 3.05) is 18.1 Å². The van der Waals surface area contributed by atoms with Gasteiger partial charge in [0.2, 0.25) is 11.8 Å². The van der Waals surface area contributed by atoms with Gasteiger partial charge in [-0.3, -0.25) is 9.59 Å². The van der Waals surface area contributed by atoms with Crippen LogP contribution in [0.15, 0.2) is 36.4 Å². The number of hydrogen-bond donors (Lipinski definition) is 0. The van der Waals surface area contributed by atoms with Gasteiger partial charge in [0.25, 0.3) is 0 Å². The molecule has 0 aromatic heterocycles. The van der Waals surface area contributed by atoms with E-state index < -0.39 is 29.8 Å². The highest BCUT2D eigenvalue weighted by molar-refractivity contribution is 14.1. The number of ether oxygens (including phenoxy) is 3. The molecule has 1 aromatic carbocycles. The zero-order valence-electron chi connectivity index (χ0n) is 12.6. The highest BCUT2D eigenvalue weighted by atomic mass is 127. The van der Waals surface area contributed by atoms with Crippen LogP contribution >= 0.6 is 22.6 Å². The number of fused-ring (bicyclic) bond motifs is 5. The van der Waals surface area contributed by atoms with Crippen LogP contribution < -0.4 is 4.90 Å². The second-order valence-electron chi connectivity index (χ2n) is 6.36. The maximum Gasteiger partial charge on any atom is 0.241 e. The fourth-order valence-electron chi connectivity index (χ4n) is 4.17. The number of anilines is 1. The molecule has 0 N–H and O–H groups in total. The summed E-state index contributed by atoms with van der Waals surface area (Å²) in [6.07, 6.45) is 2.67. The van der Waals surface area contributed by atoms with Crippen LogP contribution in [0, 0.1) is 15.4 Å². The number of nitrogens with zero attached hydrogens (tertiary/aromatic N) is 1. The van der Waals surface area contributed by atoms with Gasteiger partial charge in [-0.15, -0.1) is 0 Å². The summed E-state index contributed by atoms with van der Waals surface area (Å²) in [5.41, 5.74) is -0.390. The van der Waals surface area contributed by atoms with Gasteiger partial charge in [0.1, 0.15) is 0 Å². The maximum absolute atomic E-state index is 13.1. The van der Waals surface area contributed by atoms with E-state index in [2.05, 4.69) is 22.6 Å². The Kier molecular flexibility index (Phi) is 3.19. The SMILES string of the molecule is O=C1[C@H]2[C@H]3C=C[C@@](C4OCCO4)(O3)[C@H]2C(=O)N1c1ccc(I)cc1. The smallest absolute Gasteiger partial charge is 0.241 e. The molecule has 0 spiro atoms. The molecule has 0 aliphatic carbocycles. The first-order valence-electron chi connectivity index (χ1n) is 7.85. The summed E-state index contributed by atoms with van der Waals surface area (Å²) in [6, 6.07) is 7.36. The first kappa shape index (κ1) is 15.0. The summed E-state index contributed by atoms with van der Waals surface area (Å²) in [6.45, 7) is 0.934. The lowest BCUT2D eigenvalue weighted by molar-refractivity contribution is -0.180. The van der Waals surface area contributed by atoms with E-state index >= 15 is 0 Å². The van der Waals surface area contributed by atoms with Crippen LogP contribution in [0.1, 0.15) is 0 Å². The number of imide groups is 1. The Balaban J connectivity index is 1.56. The van der Waals surface area contributed by atoms with Crippen molar-refractivity contribution in [3.63, 3.8) is 0 Å². The zero-order valence-corrected chi connectivity index (χ0v) is 14.7. The van der Waals surface area contributed by atoms with E-state index in [4.69, 9.17) is 14.2 Å². The third kappa shape index (κ3) is 1.81. The van der Waals surface area contributed by atoms with Crippen molar-refractivity contribution in [3.05, 3.63) is 40.0 Å². The number of halogens is 1. The Hall–Kier alpha value is -1.29. The standard InChI is InChI=1S/C17H14INO5/c18-9-1-3-10(4-2-9)19-14(20)12-11-5-6-17(24-11,13(12)15(19)21)16-22-7-8-23-16/h1-6,11-13,16H,7-8H2/t11-,12+,13-,17-/m1/s1. The largest absolute Gasteiger partial charge is 0.357 e. The minimum absolute atomic E-state index is 0.208. The van der Waals surface area contributed by atoms with Crippen LogP contribution in [0.25, 0.3) is 0 Å². The van der Waals surface area contributed by atoms with Gasteiger partial charge in [-0.05, 0) is 52.9 Å². The van der Waals surface area contributed by atoms with Gasteiger partial charge in [-0.2, -0.15) is 0 Å². The van der Waals surface area contributed by atoms with Crippen LogP contribution in [0.4, 0.5) is 5.69 Å². The van der Waals surface area contributed by atoms with E-state index in [9.17, 15) is 9.59 Å². The van der Waals surface area contributed by atoms with E-state index in [1.54, 1.807) is 12.1 Å². The minimum atomic E-state index is -0.990. The zero-order chi connectivity index (χ0) is 16.5. The normalized spacial score (nSPS) is 37.7. The number of rotatable bonds is 2. The molecular weight excluding hydrogens is 425 g/mol. The number of carbonyl (C=O) groups is 2. The molecule has 2 bridgehead atoms. The molecular formula is C17H14INO5. The van der Waals surface area contributed by atoms with Crippen LogP contribution in [-0.4, -0.2) is 43.0 Å². The Morgan fingerprint density at radius 2 is 1.79 bits per heavy atom. The predicted octanol–water partition coefficient (Wildman–Crippen LogP) is 1.48. The quantitative estimate of drug-likeness (QED) is 0.397. The van der Waals surface area contributed by atoms with Crippen LogP contribution in [0.3, 0.4) is 0 Å². The van der Waals surface area contributed by atoms with Crippen LogP contribution in [0.5, 0.6) is 0 Å². The van der Waals surface area contributed by atoms with Crippen LogP contribution in [-0.2, 0) is 23.8 Å². The first-order chi connectivity index (χ1) is 11.6. The van der Waals surface area contributed by atoms with Crippen molar-refractivity contribution in [1.82, 2.24) is 0 Å². The highest BCUT2D eigenvalue weighted by Gasteiger charge is 2.71. The predicted molar refractivity (Wildman–Crippen MR) is 91.1 cm³/mol. The molecule has 3 saturated heterocycles. The fourth-order valence-corrected chi connectivity index (χ4v) is 4.53. The molecule has 4 aliphatic rings. The monoisotopic (exact) mass is 439 g/mol. The molecule has 0 unspecified atom stereocenters. The van der Waals surface area contributed by atoms with Crippen molar-refractivity contribution in [2.24, 2.45) is 11.8 Å². The summed E-state index contributed by atoms with van der Waals surface area (Å²) in [5.74, 6) is -1.55. The molecule has 4 heterocycles. The third-order valence-electron chi connectivity index (χ3n) is 5.15. The molecule has 4 atom stereocenters. The lowest BCUT2D eigenvalue weighted by Crippen LogP contribution is -2.49. The van der Waals surface area contributed by atoms with E-state index in [1.165, 1.54) is 4.90 Å². The summed E-state index contributed by atoms with van der Waals surface area (Å²) >= 11 is 2.19. The second kappa shape index (κ2) is 5.10. The molecule has 5 rings (SSSR count). The summed E-state index contributed by atoms with van der Waals surface area (Å²) in [7, 11) is 0. The van der Waals surface area contributed by atoms with E-state index in [-0.39, 0.29) is 11.8 Å². The highest BCUT2D eigenvalue weighted by Crippen LogP contribution is 2.55. The Labute approximate surface area is 151 Å². The summed E-state index contributed by atoms with van der Waals surface area (Å²) < 4.78 is 18.3. The van der Waals surface area contributed by atoms with Crippen molar-refractivity contribution in [2.45, 2.75) is 18.0 Å². The van der Waals surface area contributed by atoms with E-state index in [0.717, 1.165) is 3.57 Å². The molecule has 2 amide bonds. The average Bonchev–Trinajstić information content (AvgIpc) is 3.33. The minimum Gasteiger partial charge on any atom is -0.357 e. The van der Waals surface area contributed by atoms with Gasteiger partial charge in [-0.1, -0.05) is 6.08 Å². The van der Waals surface area contributed by atoms with Crippen molar-refractivity contribution in [3.8, 4) is 0 Å². The van der Waals surface area contributed by atoms with Gasteiger partial charge in [0.05, 0.1) is 36.8 Å². The molecule has 124 valence electrons. The van der Waals surface area contributed by atoms with Gasteiger partial charge < -0.3 is 14.2 Å². The third-order valence-corrected chi connectivity index (χ3v) is 5.87. The lowest BCUT2D eigenvalue weighted by Gasteiger charge is -2.32. The van der Waals surface area contributed by atoms with Crippen molar-refractivity contribution < 1.29 is 23.8 Å². The lowest BCUT2D eigenvalue weighted by atomic mass is 9.76. The Bertz CT molecular complexity index is 757. The first-order valence-corrected chi connectivity index (χ1v) is 8.93. The van der Waals surface area contributed by atoms with Gasteiger partial charge in [0, 0.05) is 3.57 Å². The number of benzene rings is 1. The molecule has 1 aromatic rings. The molecule has 7 heteroatoms. The molecule has 6 nitrogen and oxygen atoms in total. The number of hydrogen-bond acceptors (Lipinski definition) is 5. The van der Waals surface area contributed by atoms with E-state index in [0.29, 0.717) is 18.9 Å². The second-order valence-corrected chi connectivity index (χ2v) is 7.61. The van der Waals surface area contributed by atoms with Crippen molar-refractivity contribution in [1.29, 1.82) is 0 Å². The number of carbonyl (C=O) groups excluding carboxylic acids is 2. The molecule has 4 aliphatic heterocycles. The Morgan fingerprint density at radius 1 is 1.08 bits per heavy atom. The summed E-state index contributed by atoms with van der Waals surface area (Å²) in [4.78, 5) is 27.3. The molecule has 24 heavy (non-hydrogen) atoms. The summed E-state index contributed by atoms with van der Waals surface area (Å²) in [5, 5.41) is 0. The van der Waals surface area contributed by atoms with Crippen LogP contribution in [0.2, 0.25) is 0 Å². The fraction of sp³-hybridized carbons (Fsp3) is 0.412. The average molecular weight is 439 g/mol. The van der Waals surface area contributed by atoms with Crippen molar-refractivity contribution >= 4 is 40.1 Å².